The number of halogens is 1. The topological polar surface area (TPSA) is 42.8 Å². The van der Waals surface area contributed by atoms with Crippen LogP contribution in [0.15, 0.2) is 42.5 Å². The standard InChI is InChI=1S/C20H25ClN2O2/c1-15-11-16(2)13-17(12-15)25-10-6-9-23(3)14-20(24)22-19-8-5-4-7-18(19)21/h4-5,7-8,11-13H,6,9-10,14H2,1-3H3,(H,22,24)/p+1. The molecule has 0 aliphatic rings. The first-order valence-corrected chi connectivity index (χ1v) is 8.88. The van der Waals surface area contributed by atoms with Crippen LogP contribution in [0.3, 0.4) is 0 Å². The molecule has 1 atom stereocenters. The molecule has 2 N–H and O–H groups in total. The van der Waals surface area contributed by atoms with E-state index in [0.29, 0.717) is 23.9 Å². The number of amides is 1. The number of carbonyl (C=O) groups is 1. The summed E-state index contributed by atoms with van der Waals surface area (Å²) in [7, 11) is 2.00. The summed E-state index contributed by atoms with van der Waals surface area (Å²) in [6, 6.07) is 13.5. The lowest BCUT2D eigenvalue weighted by Gasteiger charge is -2.15. The van der Waals surface area contributed by atoms with Gasteiger partial charge in [0.25, 0.3) is 5.91 Å². The Labute approximate surface area is 154 Å². The van der Waals surface area contributed by atoms with Crippen LogP contribution in [0.4, 0.5) is 5.69 Å². The van der Waals surface area contributed by atoms with E-state index < -0.39 is 0 Å². The third kappa shape index (κ3) is 6.77. The SMILES string of the molecule is Cc1cc(C)cc(OCCC[NH+](C)CC(=O)Nc2ccccc2Cl)c1. The van der Waals surface area contributed by atoms with Crippen LogP contribution in [0.2, 0.25) is 5.02 Å². The lowest BCUT2D eigenvalue weighted by atomic mass is 10.1. The number of anilines is 1. The quantitative estimate of drug-likeness (QED) is 0.710. The molecule has 2 rings (SSSR count). The zero-order valence-corrected chi connectivity index (χ0v) is 15.8. The van der Waals surface area contributed by atoms with Crippen molar-refractivity contribution >= 4 is 23.2 Å². The summed E-state index contributed by atoms with van der Waals surface area (Å²) in [5.41, 5.74) is 3.06. The summed E-state index contributed by atoms with van der Waals surface area (Å²) in [6.45, 7) is 6.03. The van der Waals surface area contributed by atoms with E-state index in [-0.39, 0.29) is 5.91 Å². The average molecular weight is 362 g/mol. The van der Waals surface area contributed by atoms with Gasteiger partial charge in [-0.25, -0.2) is 0 Å². The number of ether oxygens (including phenoxy) is 1. The fraction of sp³-hybridized carbons (Fsp3) is 0.350. The molecule has 0 radical (unpaired) electrons. The number of likely N-dealkylation sites (N-methyl/N-ethyl adjacent to an activating group) is 1. The van der Waals surface area contributed by atoms with Crippen LogP contribution in [0.5, 0.6) is 5.75 Å². The maximum atomic E-state index is 12.1. The van der Waals surface area contributed by atoms with Crippen LogP contribution < -0.4 is 15.0 Å². The largest absolute Gasteiger partial charge is 0.493 e. The Morgan fingerprint density at radius 1 is 1.16 bits per heavy atom. The van der Waals surface area contributed by atoms with Gasteiger partial charge in [-0.15, -0.1) is 0 Å². The van der Waals surface area contributed by atoms with Crippen LogP contribution in [0.25, 0.3) is 0 Å². The number of aryl methyl sites for hydroxylation is 2. The number of carbonyl (C=O) groups excluding carboxylic acids is 1. The molecule has 4 nitrogen and oxygen atoms in total. The Hall–Kier alpha value is -2.04. The monoisotopic (exact) mass is 361 g/mol. The molecule has 2 aromatic rings. The van der Waals surface area contributed by atoms with Crippen LogP contribution in [0.1, 0.15) is 17.5 Å². The number of nitrogens with one attached hydrogen (secondary N) is 2. The highest BCUT2D eigenvalue weighted by Crippen LogP contribution is 2.20. The van der Waals surface area contributed by atoms with E-state index in [0.717, 1.165) is 23.6 Å². The average Bonchev–Trinajstić information content (AvgIpc) is 2.53. The summed E-state index contributed by atoms with van der Waals surface area (Å²) in [5.74, 6) is 0.868. The Kier molecular flexibility index (Phi) is 7.29. The van der Waals surface area contributed by atoms with Gasteiger partial charge < -0.3 is 15.0 Å². The molecule has 0 saturated carbocycles. The Bertz CT molecular complexity index is 698. The summed E-state index contributed by atoms with van der Waals surface area (Å²) in [6.07, 6.45) is 0.887. The molecule has 0 aliphatic heterocycles. The number of hydrogen-bond acceptors (Lipinski definition) is 2. The van der Waals surface area contributed by atoms with E-state index in [2.05, 4.69) is 25.2 Å². The third-order valence-electron chi connectivity index (χ3n) is 3.82. The molecule has 2 aromatic carbocycles. The summed E-state index contributed by atoms with van der Waals surface area (Å²) >= 11 is 6.05. The maximum Gasteiger partial charge on any atom is 0.279 e. The molecular formula is C20H26ClN2O2+. The highest BCUT2D eigenvalue weighted by atomic mass is 35.5. The molecule has 134 valence electrons. The second-order valence-corrected chi connectivity index (χ2v) is 6.84. The van der Waals surface area contributed by atoms with E-state index in [1.54, 1.807) is 12.1 Å². The van der Waals surface area contributed by atoms with Crippen LogP contribution in [0, 0.1) is 13.8 Å². The minimum Gasteiger partial charge on any atom is -0.493 e. The molecule has 0 saturated heterocycles. The molecule has 5 heteroatoms. The van der Waals surface area contributed by atoms with E-state index >= 15 is 0 Å². The molecule has 1 unspecified atom stereocenters. The highest BCUT2D eigenvalue weighted by molar-refractivity contribution is 6.33. The van der Waals surface area contributed by atoms with Gasteiger partial charge in [-0.1, -0.05) is 29.8 Å². The van der Waals surface area contributed by atoms with Crippen molar-refractivity contribution in [2.75, 3.05) is 32.1 Å². The summed E-state index contributed by atoms with van der Waals surface area (Å²) in [5, 5.41) is 3.40. The van der Waals surface area contributed by atoms with Gasteiger partial charge in [0, 0.05) is 6.42 Å². The van der Waals surface area contributed by atoms with Crippen molar-refractivity contribution in [3.8, 4) is 5.75 Å². The molecule has 1 amide bonds. The minimum atomic E-state index is -0.0409. The molecule has 25 heavy (non-hydrogen) atoms. The second kappa shape index (κ2) is 9.44. The minimum absolute atomic E-state index is 0.0409. The first-order valence-electron chi connectivity index (χ1n) is 8.51. The van der Waals surface area contributed by atoms with Gasteiger partial charge in [0.1, 0.15) is 5.75 Å². The van der Waals surface area contributed by atoms with Crippen molar-refractivity contribution in [1.82, 2.24) is 0 Å². The fourth-order valence-electron chi connectivity index (χ4n) is 2.70. The van der Waals surface area contributed by atoms with Crippen molar-refractivity contribution in [2.45, 2.75) is 20.3 Å². The Morgan fingerprint density at radius 2 is 1.84 bits per heavy atom. The van der Waals surface area contributed by atoms with Crippen molar-refractivity contribution in [3.05, 3.63) is 58.6 Å². The van der Waals surface area contributed by atoms with Gasteiger partial charge in [0.15, 0.2) is 6.54 Å². The Balaban J connectivity index is 1.69. The van der Waals surface area contributed by atoms with Crippen LogP contribution in [-0.2, 0) is 4.79 Å². The van der Waals surface area contributed by atoms with Gasteiger partial charge in [-0.05, 0) is 49.2 Å². The number of hydrogen-bond donors (Lipinski definition) is 2. The first kappa shape index (κ1) is 19.3. The highest BCUT2D eigenvalue weighted by Gasteiger charge is 2.11. The van der Waals surface area contributed by atoms with E-state index in [1.807, 2.05) is 31.3 Å². The second-order valence-electron chi connectivity index (χ2n) is 6.44. The first-order chi connectivity index (χ1) is 11.9. The van der Waals surface area contributed by atoms with Crippen molar-refractivity contribution < 1.29 is 14.4 Å². The number of benzene rings is 2. The zero-order valence-electron chi connectivity index (χ0n) is 15.1. The molecule has 0 spiro atoms. The molecule has 0 aromatic heterocycles. The molecule has 0 fully saturated rings. The summed E-state index contributed by atoms with van der Waals surface area (Å²) in [4.78, 5) is 13.2. The molecule has 0 aliphatic carbocycles. The fourth-order valence-corrected chi connectivity index (χ4v) is 2.88. The summed E-state index contributed by atoms with van der Waals surface area (Å²) < 4.78 is 5.80. The molecule has 0 bridgehead atoms. The van der Waals surface area contributed by atoms with Gasteiger partial charge >= 0.3 is 0 Å². The van der Waals surface area contributed by atoms with Crippen molar-refractivity contribution in [3.63, 3.8) is 0 Å². The van der Waals surface area contributed by atoms with E-state index in [9.17, 15) is 4.79 Å². The van der Waals surface area contributed by atoms with Crippen molar-refractivity contribution in [2.24, 2.45) is 0 Å². The van der Waals surface area contributed by atoms with Gasteiger partial charge in [-0.3, -0.25) is 4.79 Å². The zero-order chi connectivity index (χ0) is 18.2. The Morgan fingerprint density at radius 3 is 2.52 bits per heavy atom. The third-order valence-corrected chi connectivity index (χ3v) is 4.15. The van der Waals surface area contributed by atoms with Crippen LogP contribution in [-0.4, -0.2) is 32.7 Å². The van der Waals surface area contributed by atoms with Gasteiger partial charge in [-0.2, -0.15) is 0 Å². The van der Waals surface area contributed by atoms with Gasteiger partial charge in [0.2, 0.25) is 0 Å². The lowest BCUT2D eigenvalue weighted by Crippen LogP contribution is -3.10. The van der Waals surface area contributed by atoms with E-state index in [4.69, 9.17) is 16.3 Å². The number of quaternary nitrogens is 1. The maximum absolute atomic E-state index is 12.1. The molecule has 0 heterocycles. The van der Waals surface area contributed by atoms with Gasteiger partial charge in [0.05, 0.1) is 30.9 Å². The number of rotatable bonds is 8. The normalized spacial score (nSPS) is 11.8. The molecular weight excluding hydrogens is 336 g/mol. The van der Waals surface area contributed by atoms with Crippen molar-refractivity contribution in [1.29, 1.82) is 0 Å². The smallest absolute Gasteiger partial charge is 0.279 e. The number of para-hydroxylation sites is 1. The predicted octanol–water partition coefficient (Wildman–Crippen LogP) is 2.88. The lowest BCUT2D eigenvalue weighted by molar-refractivity contribution is -0.871. The van der Waals surface area contributed by atoms with E-state index in [1.165, 1.54) is 11.1 Å². The predicted molar refractivity (Wildman–Crippen MR) is 103 cm³/mol. The van der Waals surface area contributed by atoms with Crippen LogP contribution >= 0.6 is 11.6 Å².